The Hall–Kier alpha value is -6.14. The molecule has 0 unspecified atom stereocenters. The van der Waals surface area contributed by atoms with Gasteiger partial charge in [-0.2, -0.15) is 0 Å². The van der Waals surface area contributed by atoms with Crippen molar-refractivity contribution in [3.63, 3.8) is 0 Å². The minimum absolute atomic E-state index is 0.00358. The van der Waals surface area contributed by atoms with Crippen molar-refractivity contribution in [3.05, 3.63) is 69.8 Å². The number of hydrogen-bond donors (Lipinski definition) is 1. The van der Waals surface area contributed by atoms with Crippen LogP contribution >= 0.6 is 0 Å². The Labute approximate surface area is 381 Å². The van der Waals surface area contributed by atoms with Crippen LogP contribution in [0.5, 0.6) is 11.5 Å². The van der Waals surface area contributed by atoms with E-state index >= 15 is 0 Å². The number of terminal acetylenes is 1. The lowest BCUT2D eigenvalue weighted by molar-refractivity contribution is -0.168. The molecule has 2 aromatic heterocycles. The summed E-state index contributed by atoms with van der Waals surface area (Å²) < 4.78 is 31.7. The van der Waals surface area contributed by atoms with E-state index in [1.807, 2.05) is 67.5 Å². The van der Waals surface area contributed by atoms with E-state index in [9.17, 15) is 24.0 Å². The number of amides is 1. The molecule has 0 spiro atoms. The number of nitrogens with zero attached hydrogens (tertiary/aromatic N) is 4. The summed E-state index contributed by atoms with van der Waals surface area (Å²) >= 11 is 0. The summed E-state index contributed by atoms with van der Waals surface area (Å²) in [4.78, 5) is 78.9. The summed E-state index contributed by atoms with van der Waals surface area (Å²) in [5.74, 6) is 1.54. The van der Waals surface area contributed by atoms with Crippen molar-refractivity contribution in [1.29, 1.82) is 0 Å². The molecule has 65 heavy (non-hydrogen) atoms. The van der Waals surface area contributed by atoms with E-state index in [0.29, 0.717) is 46.0 Å². The zero-order valence-corrected chi connectivity index (χ0v) is 39.9. The summed E-state index contributed by atoms with van der Waals surface area (Å²) in [5, 5.41) is 2.89. The second-order valence-electron chi connectivity index (χ2n) is 18.5. The number of nitrogens with one attached hydrogen (secondary N) is 1. The zero-order valence-electron chi connectivity index (χ0n) is 39.9. The molecule has 0 aliphatic carbocycles. The molecule has 0 saturated carbocycles. The van der Waals surface area contributed by atoms with Gasteiger partial charge in [0.25, 0.3) is 0 Å². The Kier molecular flexibility index (Phi) is 15.6. The molecule has 5 rings (SSSR count). The lowest BCUT2D eigenvalue weighted by Gasteiger charge is -2.32. The minimum atomic E-state index is -1.79. The van der Waals surface area contributed by atoms with Crippen molar-refractivity contribution >= 4 is 46.8 Å². The summed E-state index contributed by atoms with van der Waals surface area (Å²) in [7, 11) is 0. The highest BCUT2D eigenvalue weighted by Gasteiger charge is 2.53. The third-order valence-electron chi connectivity index (χ3n) is 11.5. The molecule has 1 fully saturated rings. The number of hydrogen-bond acceptors (Lipinski definition) is 13. The second-order valence-corrected chi connectivity index (χ2v) is 18.5. The van der Waals surface area contributed by atoms with Gasteiger partial charge in [0.15, 0.2) is 17.0 Å². The lowest BCUT2D eigenvalue weighted by atomic mass is 9.78. The van der Waals surface area contributed by atoms with Crippen molar-refractivity contribution < 1.29 is 47.7 Å². The number of ether oxygens (including phenoxy) is 5. The first-order chi connectivity index (χ1) is 30.5. The van der Waals surface area contributed by atoms with Gasteiger partial charge in [-0.25, -0.2) is 15.0 Å². The fourth-order valence-electron chi connectivity index (χ4n) is 8.98. The van der Waals surface area contributed by atoms with Gasteiger partial charge in [0.05, 0.1) is 19.2 Å². The number of rotatable bonds is 18. The molecular formula is C50H63N5O10. The highest BCUT2D eigenvalue weighted by atomic mass is 16.6. The number of aryl methyl sites for hydroxylation is 5. The summed E-state index contributed by atoms with van der Waals surface area (Å²) in [6, 6.07) is 7.41. The molecule has 1 saturated heterocycles. The fraction of sp³-hybridized carbons (Fsp3) is 0.520. The van der Waals surface area contributed by atoms with Gasteiger partial charge in [-0.15, -0.1) is 6.42 Å². The Morgan fingerprint density at radius 1 is 0.846 bits per heavy atom. The molecule has 2 aromatic carbocycles. The van der Waals surface area contributed by atoms with Crippen molar-refractivity contribution in [1.82, 2.24) is 19.5 Å². The number of benzene rings is 2. The number of carbonyl (C=O) groups is 5. The van der Waals surface area contributed by atoms with Crippen LogP contribution in [0, 0.1) is 47.0 Å². The van der Waals surface area contributed by atoms with Gasteiger partial charge in [0.2, 0.25) is 11.5 Å². The van der Waals surface area contributed by atoms with E-state index in [0.717, 1.165) is 47.9 Å². The van der Waals surface area contributed by atoms with E-state index in [2.05, 4.69) is 33.1 Å². The molecule has 1 amide bonds. The molecule has 3 heterocycles. The number of unbranched alkanes of at least 4 members (excludes halogenated alkanes) is 3. The number of imidazole rings is 1. The number of fused-ring (bicyclic) bond motifs is 1. The highest BCUT2D eigenvalue weighted by Crippen LogP contribution is 2.44. The van der Waals surface area contributed by atoms with Gasteiger partial charge in [-0.1, -0.05) is 71.9 Å². The van der Waals surface area contributed by atoms with Crippen LogP contribution < -0.4 is 14.8 Å². The first-order valence-corrected chi connectivity index (χ1v) is 22.1. The topological polar surface area (TPSA) is 187 Å². The smallest absolute Gasteiger partial charge is 0.308 e. The zero-order chi connectivity index (χ0) is 48.0. The predicted molar refractivity (Wildman–Crippen MR) is 244 cm³/mol. The maximum atomic E-state index is 14.2. The lowest BCUT2D eigenvalue weighted by Crippen LogP contribution is -2.46. The standard InChI is InChI=1S/C50H63N5O10/c1-14-16-17-18-19-39(58)54-46-45-47(53-33(7)52-46)55(28-51-45)40-24-38(64-42(60)26-49(12,13)44-32(6)21-30(4)23-37(44)63-35(9)57)50(15-2,65-40)27-61-41(59)25-48(10,11)43-31(5)20-29(3)22-36(43)62-34(8)56/h2,20-23,28,38,40H,14,16-19,24-27H2,1,3-13H3,(H,52,53,54,58)/t38-,40+,50+/m0/s1. The Morgan fingerprint density at radius 3 is 1.95 bits per heavy atom. The van der Waals surface area contributed by atoms with Gasteiger partial charge in [-0.05, 0) is 75.4 Å². The third-order valence-corrected chi connectivity index (χ3v) is 11.5. The van der Waals surface area contributed by atoms with Gasteiger partial charge < -0.3 is 29.0 Å². The van der Waals surface area contributed by atoms with E-state index in [4.69, 9.17) is 30.1 Å². The summed E-state index contributed by atoms with van der Waals surface area (Å²) in [6.07, 6.45) is 9.52. The van der Waals surface area contributed by atoms with Crippen molar-refractivity contribution in [2.24, 2.45) is 0 Å². The first kappa shape index (κ1) is 49.9. The van der Waals surface area contributed by atoms with E-state index in [-0.39, 0.29) is 31.0 Å². The van der Waals surface area contributed by atoms with E-state index in [1.165, 1.54) is 20.2 Å². The second kappa shape index (κ2) is 20.4. The normalized spacial score (nSPS) is 17.3. The molecule has 0 radical (unpaired) electrons. The molecule has 1 N–H and O–H groups in total. The molecule has 0 bridgehead atoms. The molecule has 4 aromatic rings. The van der Waals surface area contributed by atoms with Crippen molar-refractivity contribution in [3.8, 4) is 23.8 Å². The van der Waals surface area contributed by atoms with Crippen LogP contribution in [-0.4, -0.2) is 67.6 Å². The maximum absolute atomic E-state index is 14.2. The molecule has 1 aliphatic heterocycles. The quantitative estimate of drug-likeness (QED) is 0.0433. The van der Waals surface area contributed by atoms with Gasteiger partial charge in [-0.3, -0.25) is 28.5 Å². The first-order valence-electron chi connectivity index (χ1n) is 22.1. The SMILES string of the molecule is C#C[C@]1(COC(=O)CC(C)(C)c2c(C)cc(C)cc2OC(C)=O)O[C@@H](n2cnc3c(NC(=O)CCCCCC)nc(C)nc32)C[C@@H]1OC(=O)CC(C)(C)c1c(C)cc(C)cc1OC(C)=O. The largest absolute Gasteiger partial charge is 0.461 e. The van der Waals surface area contributed by atoms with Crippen LogP contribution in [0.4, 0.5) is 5.82 Å². The Balaban J connectivity index is 1.47. The number of aromatic nitrogens is 4. The molecule has 348 valence electrons. The van der Waals surface area contributed by atoms with Crippen LogP contribution in [0.25, 0.3) is 11.2 Å². The van der Waals surface area contributed by atoms with Crippen molar-refractivity contribution in [2.45, 2.75) is 163 Å². The van der Waals surface area contributed by atoms with Crippen LogP contribution in [0.3, 0.4) is 0 Å². The minimum Gasteiger partial charge on any atom is -0.461 e. The number of carbonyl (C=O) groups excluding carboxylic acids is 5. The van der Waals surface area contributed by atoms with Crippen LogP contribution in [0.2, 0.25) is 0 Å². The van der Waals surface area contributed by atoms with Gasteiger partial charge in [0.1, 0.15) is 36.3 Å². The van der Waals surface area contributed by atoms with Crippen LogP contribution in [-0.2, 0) is 49.0 Å². The maximum Gasteiger partial charge on any atom is 0.308 e. The number of anilines is 1. The van der Waals surface area contributed by atoms with Crippen LogP contribution in [0.15, 0.2) is 30.6 Å². The van der Waals surface area contributed by atoms with Crippen LogP contribution in [0.1, 0.15) is 145 Å². The van der Waals surface area contributed by atoms with E-state index < -0.39 is 59.2 Å². The van der Waals surface area contributed by atoms with Gasteiger partial charge in [0, 0.05) is 48.6 Å². The number of esters is 4. The Bertz CT molecular complexity index is 2520. The average molecular weight is 894 g/mol. The fourth-order valence-corrected chi connectivity index (χ4v) is 8.98. The van der Waals surface area contributed by atoms with E-state index in [1.54, 1.807) is 23.6 Å². The van der Waals surface area contributed by atoms with Gasteiger partial charge >= 0.3 is 23.9 Å². The summed E-state index contributed by atoms with van der Waals surface area (Å²) in [5.41, 5.74) is 1.88. The third kappa shape index (κ3) is 12.0. The summed E-state index contributed by atoms with van der Waals surface area (Å²) in [6.45, 7) is 20.9. The van der Waals surface area contributed by atoms with Crippen molar-refractivity contribution in [2.75, 3.05) is 11.9 Å². The average Bonchev–Trinajstić information content (AvgIpc) is 3.75. The Morgan fingerprint density at radius 2 is 1.42 bits per heavy atom. The highest BCUT2D eigenvalue weighted by molar-refractivity contribution is 5.96. The monoisotopic (exact) mass is 893 g/mol. The predicted octanol–water partition coefficient (Wildman–Crippen LogP) is 8.61. The molecule has 15 nitrogen and oxygen atoms in total. The molecular weight excluding hydrogens is 831 g/mol. The molecule has 15 heteroatoms. The molecule has 1 aliphatic rings. The molecule has 3 atom stereocenters.